The summed E-state index contributed by atoms with van der Waals surface area (Å²) in [5, 5.41) is 5.33. The highest BCUT2D eigenvalue weighted by molar-refractivity contribution is 7.17. The number of imide groups is 1. The first-order valence-corrected chi connectivity index (χ1v) is 7.84. The summed E-state index contributed by atoms with van der Waals surface area (Å²) in [4.78, 5) is 29.2. The molecule has 0 bridgehead atoms. The van der Waals surface area contributed by atoms with Gasteiger partial charge in [0, 0.05) is 25.7 Å². The second-order valence-electron chi connectivity index (χ2n) is 5.34. The topological polar surface area (TPSA) is 62.3 Å². The molecule has 0 spiro atoms. The number of aromatic nitrogens is 1. The maximum absolute atomic E-state index is 12.1. The first-order valence-electron chi connectivity index (χ1n) is 6.96. The Morgan fingerprint density at radius 3 is 3.10 bits per heavy atom. The molecule has 3 rings (SSSR count). The van der Waals surface area contributed by atoms with E-state index in [1.807, 2.05) is 24.6 Å². The minimum Gasteiger partial charge on any atom is -0.299 e. The molecule has 1 aliphatic heterocycles. The number of likely N-dealkylation sites (tertiary alicyclic amines) is 1. The van der Waals surface area contributed by atoms with Crippen LogP contribution in [0.5, 0.6) is 0 Å². The Bertz CT molecular complexity index is 697. The first-order chi connectivity index (χ1) is 10.1. The van der Waals surface area contributed by atoms with E-state index in [0.29, 0.717) is 12.8 Å². The van der Waals surface area contributed by atoms with E-state index in [1.165, 1.54) is 4.90 Å². The molecule has 1 saturated heterocycles. The van der Waals surface area contributed by atoms with Gasteiger partial charge in [-0.15, -0.1) is 11.3 Å². The lowest BCUT2D eigenvalue weighted by Crippen LogP contribution is -2.51. The number of piperidine rings is 1. The van der Waals surface area contributed by atoms with E-state index in [4.69, 9.17) is 0 Å². The molecule has 1 N–H and O–H groups in total. The number of hydrogen-bond donors (Lipinski definition) is 1. The van der Waals surface area contributed by atoms with Crippen molar-refractivity contribution in [3.05, 3.63) is 29.3 Å². The Balaban J connectivity index is 1.74. The van der Waals surface area contributed by atoms with Gasteiger partial charge < -0.3 is 0 Å². The highest BCUT2D eigenvalue weighted by atomic mass is 32.1. The van der Waals surface area contributed by atoms with Crippen LogP contribution >= 0.6 is 11.3 Å². The molecule has 2 aromatic rings. The average molecular weight is 303 g/mol. The summed E-state index contributed by atoms with van der Waals surface area (Å²) < 4.78 is 1.14. The molecule has 6 heteroatoms. The second-order valence-corrected chi connectivity index (χ2v) is 6.29. The van der Waals surface area contributed by atoms with Crippen LogP contribution in [0.25, 0.3) is 10.2 Å². The molecule has 2 amide bonds. The quantitative estimate of drug-likeness (QED) is 0.882. The van der Waals surface area contributed by atoms with Crippen molar-refractivity contribution < 1.29 is 9.59 Å². The minimum absolute atomic E-state index is 0.0135. The van der Waals surface area contributed by atoms with Gasteiger partial charge in [-0.2, -0.15) is 0 Å². The number of fused-ring (bicyclic) bond motifs is 1. The van der Waals surface area contributed by atoms with E-state index in [1.54, 1.807) is 18.4 Å². The molecular formula is C15H17N3O2S. The van der Waals surface area contributed by atoms with Crippen molar-refractivity contribution in [2.75, 3.05) is 7.05 Å². The fourth-order valence-corrected chi connectivity index (χ4v) is 3.36. The number of amides is 2. The predicted molar refractivity (Wildman–Crippen MR) is 82.0 cm³/mol. The van der Waals surface area contributed by atoms with Crippen molar-refractivity contribution >= 4 is 33.4 Å². The smallest absolute Gasteiger partial charge is 0.246 e. The van der Waals surface area contributed by atoms with Crippen LogP contribution in [0.3, 0.4) is 0 Å². The summed E-state index contributed by atoms with van der Waals surface area (Å²) in [6, 6.07) is 3.81. The van der Waals surface area contributed by atoms with Crippen LogP contribution in [0.2, 0.25) is 0 Å². The van der Waals surface area contributed by atoms with E-state index in [2.05, 4.69) is 16.4 Å². The Hall–Kier alpha value is -1.79. The third-order valence-corrected chi connectivity index (χ3v) is 4.78. The summed E-state index contributed by atoms with van der Waals surface area (Å²) in [6.45, 7) is 2.01. The fraction of sp³-hybridized carbons (Fsp3) is 0.400. The Kier molecular flexibility index (Phi) is 3.73. The van der Waals surface area contributed by atoms with Gasteiger partial charge in [-0.25, -0.2) is 0 Å². The van der Waals surface area contributed by atoms with Crippen LogP contribution in [0.4, 0.5) is 0 Å². The molecule has 0 saturated carbocycles. The van der Waals surface area contributed by atoms with Crippen LogP contribution in [0.15, 0.2) is 23.7 Å². The van der Waals surface area contributed by atoms with Gasteiger partial charge in [0.25, 0.3) is 0 Å². The Labute approximate surface area is 127 Å². The second kappa shape index (κ2) is 5.54. The molecule has 0 radical (unpaired) electrons. The predicted octanol–water partition coefficient (Wildman–Crippen LogP) is 2.09. The van der Waals surface area contributed by atoms with Crippen molar-refractivity contribution in [1.29, 1.82) is 0 Å². The third-order valence-electron chi connectivity index (χ3n) is 3.92. The van der Waals surface area contributed by atoms with Gasteiger partial charge in [-0.1, -0.05) is 0 Å². The van der Waals surface area contributed by atoms with Crippen LogP contribution in [-0.4, -0.2) is 34.8 Å². The molecule has 21 heavy (non-hydrogen) atoms. The zero-order valence-corrected chi connectivity index (χ0v) is 12.8. The summed E-state index contributed by atoms with van der Waals surface area (Å²) in [5.41, 5.74) is 2.05. The van der Waals surface area contributed by atoms with Gasteiger partial charge >= 0.3 is 0 Å². The Morgan fingerprint density at radius 2 is 2.29 bits per heavy atom. The van der Waals surface area contributed by atoms with Gasteiger partial charge in [0.05, 0.1) is 16.3 Å². The SMILES string of the molecule is CC(NC1CCC(=O)N(C)C1=O)c1cnc2ccsc2c1. The van der Waals surface area contributed by atoms with E-state index < -0.39 is 0 Å². The van der Waals surface area contributed by atoms with Crippen molar-refractivity contribution in [3.63, 3.8) is 0 Å². The maximum Gasteiger partial charge on any atom is 0.246 e. The number of carbonyl (C=O) groups excluding carboxylic acids is 2. The van der Waals surface area contributed by atoms with Crippen LogP contribution in [0, 0.1) is 0 Å². The number of carbonyl (C=O) groups is 2. The molecule has 5 nitrogen and oxygen atoms in total. The molecule has 110 valence electrons. The number of nitrogens with zero attached hydrogens (tertiary/aromatic N) is 2. The lowest BCUT2D eigenvalue weighted by molar-refractivity contribution is -0.148. The average Bonchev–Trinajstić information content (AvgIpc) is 2.95. The highest BCUT2D eigenvalue weighted by Crippen LogP contribution is 2.23. The minimum atomic E-state index is -0.304. The Morgan fingerprint density at radius 1 is 1.48 bits per heavy atom. The fourth-order valence-electron chi connectivity index (χ4n) is 2.57. The van der Waals surface area contributed by atoms with Crippen molar-refractivity contribution in [2.45, 2.75) is 31.8 Å². The van der Waals surface area contributed by atoms with Gasteiger partial charge in [0.2, 0.25) is 11.8 Å². The summed E-state index contributed by atoms with van der Waals surface area (Å²) >= 11 is 1.66. The van der Waals surface area contributed by atoms with Gasteiger partial charge in [-0.05, 0) is 36.4 Å². The molecule has 1 aliphatic rings. The van der Waals surface area contributed by atoms with E-state index >= 15 is 0 Å². The summed E-state index contributed by atoms with van der Waals surface area (Å²) in [7, 11) is 1.54. The molecule has 0 aliphatic carbocycles. The number of rotatable bonds is 3. The molecule has 2 aromatic heterocycles. The van der Waals surface area contributed by atoms with Gasteiger partial charge in [-0.3, -0.25) is 24.8 Å². The van der Waals surface area contributed by atoms with Crippen LogP contribution in [0.1, 0.15) is 31.4 Å². The summed E-state index contributed by atoms with van der Waals surface area (Å²) in [5.74, 6) is -0.254. The third kappa shape index (κ3) is 2.69. The van der Waals surface area contributed by atoms with E-state index in [9.17, 15) is 9.59 Å². The largest absolute Gasteiger partial charge is 0.299 e. The number of nitrogens with one attached hydrogen (secondary N) is 1. The molecule has 1 fully saturated rings. The molecular weight excluding hydrogens is 286 g/mol. The van der Waals surface area contributed by atoms with Crippen molar-refractivity contribution in [1.82, 2.24) is 15.2 Å². The van der Waals surface area contributed by atoms with Gasteiger partial charge in [0.1, 0.15) is 0 Å². The van der Waals surface area contributed by atoms with Crippen LogP contribution in [-0.2, 0) is 9.59 Å². The molecule has 2 atom stereocenters. The zero-order chi connectivity index (χ0) is 15.0. The lowest BCUT2D eigenvalue weighted by Gasteiger charge is -2.30. The van der Waals surface area contributed by atoms with Crippen molar-refractivity contribution in [3.8, 4) is 0 Å². The molecule has 2 unspecified atom stereocenters. The standard InChI is InChI=1S/C15H17N3O2S/c1-9(10-7-13-11(16-8-10)5-6-21-13)17-12-3-4-14(19)18(2)15(12)20/h5-9,12,17H,3-4H2,1-2H3. The van der Waals surface area contributed by atoms with E-state index in [0.717, 1.165) is 15.8 Å². The number of hydrogen-bond acceptors (Lipinski definition) is 5. The number of likely N-dealkylation sites (N-methyl/N-ethyl adjacent to an activating group) is 1. The zero-order valence-electron chi connectivity index (χ0n) is 12.0. The molecule has 0 aromatic carbocycles. The number of pyridine rings is 1. The highest BCUT2D eigenvalue weighted by Gasteiger charge is 2.32. The van der Waals surface area contributed by atoms with E-state index in [-0.39, 0.29) is 23.9 Å². The van der Waals surface area contributed by atoms with Crippen LogP contribution < -0.4 is 5.32 Å². The van der Waals surface area contributed by atoms with Crippen molar-refractivity contribution in [2.24, 2.45) is 0 Å². The molecule has 3 heterocycles. The first kappa shape index (κ1) is 14.2. The lowest BCUT2D eigenvalue weighted by atomic mass is 10.0. The monoisotopic (exact) mass is 303 g/mol. The maximum atomic E-state index is 12.1. The summed E-state index contributed by atoms with van der Waals surface area (Å²) in [6.07, 6.45) is 2.81. The normalized spacial score (nSPS) is 21.0. The number of thiophene rings is 1. The van der Waals surface area contributed by atoms with Gasteiger partial charge in [0.15, 0.2) is 0 Å².